The minimum Gasteiger partial charge on any atom is -0.0826 e. The van der Waals surface area contributed by atoms with Gasteiger partial charge in [-0.25, -0.2) is 0 Å². The largest absolute Gasteiger partial charge is 0.0826 e. The Kier molecular flexibility index (Phi) is 4.59. The van der Waals surface area contributed by atoms with Gasteiger partial charge in [-0.1, -0.05) is 216 Å². The third kappa shape index (κ3) is 5.02. The number of aryl methyl sites for hydroxylation is 2. The number of rotatable bonds is 6. The van der Waals surface area contributed by atoms with Gasteiger partial charge in [0, 0.05) is 12.1 Å². The predicted octanol–water partition coefficient (Wildman–Crippen LogP) is 10.2. The molecule has 8 aromatic rings. The molecule has 0 N–H and O–H groups in total. The first-order valence-corrected chi connectivity index (χ1v) is 22.8. The highest BCUT2D eigenvalue weighted by molar-refractivity contribution is 8.26. The molecule has 0 heterocycles. The topological polar surface area (TPSA) is 0 Å². The molecule has 264 valence electrons. The lowest BCUT2D eigenvalue weighted by atomic mass is 9.70. The fourth-order valence-electron chi connectivity index (χ4n) is 8.17. The lowest BCUT2D eigenvalue weighted by Crippen LogP contribution is -2.31. The zero-order chi connectivity index (χ0) is 54.8. The van der Waals surface area contributed by atoms with Gasteiger partial charge >= 0.3 is 0 Å². The lowest BCUT2D eigenvalue weighted by molar-refractivity contribution is 0.793. The molecule has 0 radical (unpaired) electrons. The number of hydrogen-bond acceptors (Lipinski definition) is 2. The van der Waals surface area contributed by atoms with Gasteiger partial charge in [-0.05, 0) is 102 Å². The highest BCUT2D eigenvalue weighted by atomic mass is 32.4. The summed E-state index contributed by atoms with van der Waals surface area (Å²) in [6, 6.07) is -1.55. The van der Waals surface area contributed by atoms with Crippen LogP contribution < -0.4 is 31.8 Å². The van der Waals surface area contributed by atoms with Crippen molar-refractivity contribution in [2.24, 2.45) is 0 Å². The smallest absolute Gasteiger partial charge is 0.0726 e. The molecule has 0 aliphatic heterocycles. The van der Waals surface area contributed by atoms with E-state index < -0.39 is 160 Å². The SMILES string of the molecule is [2H]c1c([2H])c([2H])c(P(=S)(c2ccc3c(c2)C2(c4cc(C)ccc4-c4ccc(C)cc42)c2cc(P(=S)(c4c([2H])c([2H])c([2H])c([2H])c4[2H])c4c([2H])c([2H])c([2H])c([2H])c4[2H])ccc2-3)c2c([2H])c([2H])c([2H])c([2H])c2[2H])c([2H])c1[2H]. The fourth-order valence-corrected chi connectivity index (χ4v) is 14.3. The Balaban J connectivity index is 1.40. The molecule has 8 aromatic carbocycles. The van der Waals surface area contributed by atoms with E-state index in [1.165, 1.54) is 0 Å². The van der Waals surface area contributed by atoms with E-state index in [0.717, 1.165) is 33.4 Å². The second-order valence-corrected chi connectivity index (χ2v) is 22.0. The molecule has 0 saturated heterocycles. The fraction of sp³-hybridized carbons (Fsp3) is 0.0588. The number of benzene rings is 8. The van der Waals surface area contributed by atoms with Crippen molar-refractivity contribution in [1.82, 2.24) is 0 Å². The van der Waals surface area contributed by atoms with Gasteiger partial charge in [-0.3, -0.25) is 0 Å². The van der Waals surface area contributed by atoms with Crippen LogP contribution in [0.2, 0.25) is 0 Å². The summed E-state index contributed by atoms with van der Waals surface area (Å²) in [7, 11) is 0. The molecule has 0 unspecified atom stereocenters. The zero-order valence-corrected chi connectivity index (χ0v) is 32.6. The minimum absolute atomic E-state index is 0.111. The molecule has 2 aliphatic rings. The summed E-state index contributed by atoms with van der Waals surface area (Å²) in [6.45, 7) is 3.80. The van der Waals surface area contributed by atoms with Gasteiger partial charge in [0.25, 0.3) is 0 Å². The van der Waals surface area contributed by atoms with E-state index in [0.29, 0.717) is 22.3 Å². The van der Waals surface area contributed by atoms with E-state index in [1.807, 2.05) is 50.2 Å². The normalized spacial score (nSPS) is 18.7. The second kappa shape index (κ2) is 13.1. The van der Waals surface area contributed by atoms with Crippen LogP contribution in [-0.4, -0.2) is 0 Å². The third-order valence-electron chi connectivity index (χ3n) is 10.5. The van der Waals surface area contributed by atoms with Crippen LogP contribution in [0, 0.1) is 13.8 Å². The van der Waals surface area contributed by atoms with Gasteiger partial charge in [0.2, 0.25) is 0 Å². The Labute approximate surface area is 362 Å². The molecule has 1 spiro atoms. The second-order valence-electron chi connectivity index (χ2n) is 13.4. The molecule has 0 nitrogen and oxygen atoms in total. The van der Waals surface area contributed by atoms with Gasteiger partial charge in [0.1, 0.15) is 0 Å². The van der Waals surface area contributed by atoms with Crippen LogP contribution in [0.5, 0.6) is 0 Å². The summed E-state index contributed by atoms with van der Waals surface area (Å²) in [4.78, 5) is 0. The van der Waals surface area contributed by atoms with Crippen molar-refractivity contribution in [2.45, 2.75) is 19.3 Å². The number of hydrogen-bond donors (Lipinski definition) is 0. The number of fused-ring (bicyclic) bond motifs is 10. The van der Waals surface area contributed by atoms with Crippen LogP contribution in [0.15, 0.2) is 194 Å². The maximum atomic E-state index is 9.31. The summed E-state index contributed by atoms with van der Waals surface area (Å²) >= 11 is 13.4. The Hall–Kier alpha value is -4.94. The average Bonchev–Trinajstić information content (AvgIpc) is 3.85. The molecule has 0 bridgehead atoms. The molecule has 4 heteroatoms. The Bertz CT molecular complexity index is 3560. The monoisotopic (exact) mass is 796 g/mol. The minimum atomic E-state index is -4.37. The molecule has 55 heavy (non-hydrogen) atoms. The summed E-state index contributed by atoms with van der Waals surface area (Å²) in [5.41, 5.74) is 5.40. The summed E-state index contributed by atoms with van der Waals surface area (Å²) in [5.74, 6) is 0. The van der Waals surface area contributed by atoms with E-state index in [9.17, 15) is 11.0 Å². The maximum absolute atomic E-state index is 9.31. The van der Waals surface area contributed by atoms with Gasteiger partial charge in [-0.2, -0.15) is 0 Å². The van der Waals surface area contributed by atoms with Crippen molar-refractivity contribution in [2.75, 3.05) is 0 Å². The molecule has 0 atom stereocenters. The van der Waals surface area contributed by atoms with E-state index in [2.05, 4.69) is 0 Å². The molecule has 2 aliphatic carbocycles. The van der Waals surface area contributed by atoms with E-state index in [1.54, 1.807) is 36.4 Å². The lowest BCUT2D eigenvalue weighted by Gasteiger charge is -2.33. The van der Waals surface area contributed by atoms with Crippen molar-refractivity contribution in [3.05, 3.63) is 227 Å². The average molecular weight is 797 g/mol. The first kappa shape index (κ1) is 19.3. The quantitative estimate of drug-likeness (QED) is 0.154. The van der Waals surface area contributed by atoms with Crippen molar-refractivity contribution in [1.29, 1.82) is 0 Å². The van der Waals surface area contributed by atoms with Crippen molar-refractivity contribution in [3.8, 4) is 22.3 Å². The Morgan fingerprint density at radius 2 is 0.636 bits per heavy atom. The van der Waals surface area contributed by atoms with Crippen LogP contribution >= 0.6 is 12.1 Å². The highest BCUT2D eigenvalue weighted by Gasteiger charge is 2.52. The summed E-state index contributed by atoms with van der Waals surface area (Å²) in [6.07, 6.45) is 0. The van der Waals surface area contributed by atoms with Gasteiger partial charge < -0.3 is 0 Å². The van der Waals surface area contributed by atoms with Crippen molar-refractivity contribution in [3.63, 3.8) is 0 Å². The van der Waals surface area contributed by atoms with Crippen LogP contribution in [0.4, 0.5) is 0 Å². The maximum Gasteiger partial charge on any atom is 0.0726 e. The Morgan fingerprint density at radius 1 is 0.364 bits per heavy atom. The van der Waals surface area contributed by atoms with E-state index in [-0.39, 0.29) is 10.6 Å². The van der Waals surface area contributed by atoms with Crippen LogP contribution in [0.1, 0.15) is 60.8 Å². The molecular weight excluding hydrogens is 739 g/mol. The molecule has 0 aromatic heterocycles. The third-order valence-corrected chi connectivity index (χ3v) is 19.4. The van der Waals surface area contributed by atoms with E-state index >= 15 is 0 Å². The zero-order valence-electron chi connectivity index (χ0n) is 49.1. The highest BCUT2D eigenvalue weighted by Crippen LogP contribution is 2.64. The van der Waals surface area contributed by atoms with Crippen molar-refractivity contribution < 1.29 is 27.4 Å². The molecule has 0 amide bonds. The summed E-state index contributed by atoms with van der Waals surface area (Å²) < 4.78 is 179. The first-order valence-electron chi connectivity index (χ1n) is 27.2. The molecular formula is C51H38P2S2. The summed E-state index contributed by atoms with van der Waals surface area (Å²) in [5, 5.41) is -1.48. The predicted molar refractivity (Wildman–Crippen MR) is 244 cm³/mol. The van der Waals surface area contributed by atoms with Gasteiger partial charge in [-0.15, -0.1) is 0 Å². The van der Waals surface area contributed by atoms with Crippen LogP contribution in [-0.2, 0) is 29.0 Å². The molecule has 0 fully saturated rings. The first-order chi connectivity index (χ1) is 35.1. The van der Waals surface area contributed by atoms with E-state index in [4.69, 9.17) is 40.1 Å². The van der Waals surface area contributed by atoms with Crippen LogP contribution in [0.25, 0.3) is 22.3 Å². The van der Waals surface area contributed by atoms with Crippen LogP contribution in [0.3, 0.4) is 0 Å². The van der Waals surface area contributed by atoms with Crippen molar-refractivity contribution >= 4 is 67.5 Å². The standard InChI is InChI=1S/C51H38P2S2/c1-35-23-27-43-44-28-24-36(2)32-48(44)51(47(43)31-35)49-33-41(52(54,37-15-7-3-8-16-37)38-17-9-4-10-18-38)25-29-45(49)46-30-26-42(34-50(46)51)53(55,39-19-11-5-12-20-39)40-21-13-6-14-22-40/h3-34H,1-2H3/i3D,4D,5D,6D,7D,8D,9D,10D,11D,12D,13D,14D,15D,16D,17D,18D,19D,20D,21D,22D. The van der Waals surface area contributed by atoms with Gasteiger partial charge in [0.05, 0.1) is 32.8 Å². The molecule has 10 rings (SSSR count). The Morgan fingerprint density at radius 3 is 0.945 bits per heavy atom. The molecule has 0 saturated carbocycles. The van der Waals surface area contributed by atoms with Gasteiger partial charge in [0.15, 0.2) is 0 Å².